The lowest BCUT2D eigenvalue weighted by molar-refractivity contribution is 1.12. The van der Waals surface area contributed by atoms with Crippen LogP contribution in [0.15, 0.2) is 12.4 Å². The molecule has 0 aromatic carbocycles. The van der Waals surface area contributed by atoms with Gasteiger partial charge in [-0.3, -0.25) is 4.98 Å². The van der Waals surface area contributed by atoms with Gasteiger partial charge in [0.1, 0.15) is 11.0 Å². The molecule has 0 unspecified atom stereocenters. The average molecular weight is 165 g/mol. The van der Waals surface area contributed by atoms with E-state index in [1.165, 1.54) is 17.3 Å². The maximum atomic E-state index is 4.18. The average Bonchev–Trinajstić information content (AvgIpc) is 2.50. The number of aryl methyl sites for hydroxylation is 1. The Bertz CT molecular complexity index is 368. The molecule has 0 aliphatic carbocycles. The second-order valence-corrected chi connectivity index (χ2v) is 2.81. The van der Waals surface area contributed by atoms with Crippen molar-refractivity contribution in [2.24, 2.45) is 0 Å². The van der Waals surface area contributed by atoms with Crippen LogP contribution in [0.1, 0.15) is 12.5 Å². The molecule has 0 aliphatic rings. The van der Waals surface area contributed by atoms with Gasteiger partial charge in [-0.2, -0.15) is 8.75 Å². The van der Waals surface area contributed by atoms with Gasteiger partial charge in [-0.1, -0.05) is 6.92 Å². The third kappa shape index (κ3) is 0.991. The first kappa shape index (κ1) is 6.67. The van der Waals surface area contributed by atoms with Crippen LogP contribution in [-0.4, -0.2) is 13.7 Å². The molecule has 4 heteroatoms. The summed E-state index contributed by atoms with van der Waals surface area (Å²) in [6.07, 6.45) is 4.57. The summed E-state index contributed by atoms with van der Waals surface area (Å²) < 4.78 is 8.28. The van der Waals surface area contributed by atoms with Crippen molar-refractivity contribution in [3.63, 3.8) is 0 Å². The summed E-state index contributed by atoms with van der Waals surface area (Å²) in [5, 5.41) is 0. The SMILES string of the molecule is CCc1cncc2nsnc12. The predicted octanol–water partition coefficient (Wildman–Crippen LogP) is 1.65. The van der Waals surface area contributed by atoms with E-state index >= 15 is 0 Å². The Kier molecular flexibility index (Phi) is 1.54. The smallest absolute Gasteiger partial charge is 0.123 e. The van der Waals surface area contributed by atoms with Gasteiger partial charge in [0.25, 0.3) is 0 Å². The van der Waals surface area contributed by atoms with E-state index in [2.05, 4.69) is 20.7 Å². The number of pyridine rings is 1. The monoisotopic (exact) mass is 165 g/mol. The molecule has 0 saturated heterocycles. The summed E-state index contributed by atoms with van der Waals surface area (Å²) >= 11 is 1.24. The molecule has 2 aromatic heterocycles. The highest BCUT2D eigenvalue weighted by Gasteiger charge is 2.02. The van der Waals surface area contributed by atoms with Gasteiger partial charge in [0.15, 0.2) is 0 Å². The summed E-state index contributed by atoms with van der Waals surface area (Å²) in [7, 11) is 0. The van der Waals surface area contributed by atoms with E-state index in [4.69, 9.17) is 0 Å². The van der Waals surface area contributed by atoms with Crippen molar-refractivity contribution in [1.82, 2.24) is 13.7 Å². The van der Waals surface area contributed by atoms with Gasteiger partial charge in [-0.15, -0.1) is 0 Å². The van der Waals surface area contributed by atoms with Crippen molar-refractivity contribution in [2.75, 3.05) is 0 Å². The minimum Gasteiger partial charge on any atom is -0.262 e. The molecule has 56 valence electrons. The first-order valence-corrected chi connectivity index (χ1v) is 4.20. The number of aromatic nitrogens is 3. The largest absolute Gasteiger partial charge is 0.262 e. The standard InChI is InChI=1S/C7H7N3S/c1-2-5-3-8-4-6-7(5)10-11-9-6/h3-4H,2H2,1H3. The van der Waals surface area contributed by atoms with Crippen LogP contribution in [0, 0.1) is 0 Å². The van der Waals surface area contributed by atoms with E-state index in [0.29, 0.717) is 0 Å². The van der Waals surface area contributed by atoms with Crippen LogP contribution in [0.25, 0.3) is 11.0 Å². The molecular formula is C7H7N3S. The van der Waals surface area contributed by atoms with Gasteiger partial charge in [0, 0.05) is 6.20 Å². The minimum atomic E-state index is 0.911. The molecule has 11 heavy (non-hydrogen) atoms. The van der Waals surface area contributed by atoms with Crippen LogP contribution in [-0.2, 0) is 6.42 Å². The quantitative estimate of drug-likeness (QED) is 0.645. The third-order valence-corrected chi connectivity index (χ3v) is 2.17. The minimum absolute atomic E-state index is 0.911. The maximum Gasteiger partial charge on any atom is 0.123 e. The summed E-state index contributed by atoms with van der Waals surface area (Å²) in [6.45, 7) is 2.09. The van der Waals surface area contributed by atoms with E-state index in [1.54, 1.807) is 6.20 Å². The summed E-state index contributed by atoms with van der Waals surface area (Å²) in [5.74, 6) is 0. The molecule has 0 amide bonds. The fourth-order valence-corrected chi connectivity index (χ4v) is 1.58. The number of hydrogen-bond acceptors (Lipinski definition) is 4. The normalized spacial score (nSPS) is 10.6. The Labute approximate surface area is 68.4 Å². The van der Waals surface area contributed by atoms with Gasteiger partial charge in [0.2, 0.25) is 0 Å². The lowest BCUT2D eigenvalue weighted by Crippen LogP contribution is -1.84. The molecule has 0 fully saturated rings. The summed E-state index contributed by atoms with van der Waals surface area (Å²) in [5.41, 5.74) is 3.10. The van der Waals surface area contributed by atoms with Crippen molar-refractivity contribution in [1.29, 1.82) is 0 Å². The Morgan fingerprint density at radius 2 is 2.27 bits per heavy atom. The van der Waals surface area contributed by atoms with Crippen molar-refractivity contribution in [3.05, 3.63) is 18.0 Å². The van der Waals surface area contributed by atoms with Crippen molar-refractivity contribution < 1.29 is 0 Å². The molecule has 2 heterocycles. The molecule has 0 radical (unpaired) electrons. The van der Waals surface area contributed by atoms with Gasteiger partial charge < -0.3 is 0 Å². The van der Waals surface area contributed by atoms with Crippen LogP contribution in [0.4, 0.5) is 0 Å². The predicted molar refractivity (Wildman–Crippen MR) is 44.6 cm³/mol. The first-order chi connectivity index (χ1) is 5.42. The fraction of sp³-hybridized carbons (Fsp3) is 0.286. The Morgan fingerprint density at radius 3 is 3.09 bits per heavy atom. The van der Waals surface area contributed by atoms with Crippen LogP contribution in [0.3, 0.4) is 0 Å². The zero-order valence-corrected chi connectivity index (χ0v) is 6.93. The van der Waals surface area contributed by atoms with Crippen molar-refractivity contribution >= 4 is 22.8 Å². The maximum absolute atomic E-state index is 4.18. The van der Waals surface area contributed by atoms with Crippen molar-refractivity contribution in [3.8, 4) is 0 Å². The van der Waals surface area contributed by atoms with Crippen LogP contribution >= 0.6 is 11.7 Å². The van der Waals surface area contributed by atoms with Gasteiger partial charge in [0.05, 0.1) is 17.9 Å². The zero-order valence-electron chi connectivity index (χ0n) is 6.11. The zero-order chi connectivity index (χ0) is 7.68. The molecular weight excluding hydrogens is 158 g/mol. The second kappa shape index (κ2) is 2.54. The molecule has 0 aliphatic heterocycles. The lowest BCUT2D eigenvalue weighted by atomic mass is 10.2. The van der Waals surface area contributed by atoms with E-state index in [-0.39, 0.29) is 0 Å². The third-order valence-electron chi connectivity index (χ3n) is 1.63. The lowest BCUT2D eigenvalue weighted by Gasteiger charge is -1.93. The highest BCUT2D eigenvalue weighted by atomic mass is 32.1. The Morgan fingerprint density at radius 1 is 1.36 bits per heavy atom. The molecule has 0 N–H and O–H groups in total. The Hall–Kier alpha value is -1.03. The number of fused-ring (bicyclic) bond motifs is 1. The molecule has 0 spiro atoms. The number of nitrogens with zero attached hydrogens (tertiary/aromatic N) is 3. The topological polar surface area (TPSA) is 38.7 Å². The highest BCUT2D eigenvalue weighted by molar-refractivity contribution is 7.00. The molecule has 0 saturated carbocycles. The molecule has 2 aromatic rings. The van der Waals surface area contributed by atoms with E-state index in [0.717, 1.165) is 17.5 Å². The number of hydrogen-bond donors (Lipinski definition) is 0. The van der Waals surface area contributed by atoms with Gasteiger partial charge in [-0.05, 0) is 12.0 Å². The second-order valence-electron chi connectivity index (χ2n) is 2.28. The number of rotatable bonds is 1. The highest BCUT2D eigenvalue weighted by Crippen LogP contribution is 2.14. The van der Waals surface area contributed by atoms with Gasteiger partial charge >= 0.3 is 0 Å². The van der Waals surface area contributed by atoms with Crippen LogP contribution in [0.5, 0.6) is 0 Å². The molecule has 2 rings (SSSR count). The molecule has 3 nitrogen and oxygen atoms in total. The Balaban J connectivity index is 2.79. The van der Waals surface area contributed by atoms with Crippen molar-refractivity contribution in [2.45, 2.75) is 13.3 Å². The van der Waals surface area contributed by atoms with Crippen LogP contribution in [0.2, 0.25) is 0 Å². The van der Waals surface area contributed by atoms with E-state index in [1.807, 2.05) is 6.20 Å². The summed E-state index contributed by atoms with van der Waals surface area (Å²) in [4.78, 5) is 4.06. The first-order valence-electron chi connectivity index (χ1n) is 3.47. The summed E-state index contributed by atoms with van der Waals surface area (Å²) in [6, 6.07) is 0. The van der Waals surface area contributed by atoms with E-state index < -0.39 is 0 Å². The molecule has 0 bridgehead atoms. The van der Waals surface area contributed by atoms with Gasteiger partial charge in [-0.25, -0.2) is 0 Å². The fourth-order valence-electron chi connectivity index (χ4n) is 1.02. The van der Waals surface area contributed by atoms with E-state index in [9.17, 15) is 0 Å². The van der Waals surface area contributed by atoms with Crippen LogP contribution < -0.4 is 0 Å². The molecule has 0 atom stereocenters.